The Morgan fingerprint density at radius 3 is 2.47 bits per heavy atom. The molecule has 1 amide bonds. The number of phenolic OH excluding ortho intramolecular Hbond substituents is 1. The highest BCUT2D eigenvalue weighted by molar-refractivity contribution is 5.94. The van der Waals surface area contributed by atoms with E-state index < -0.39 is 0 Å². The van der Waals surface area contributed by atoms with E-state index in [2.05, 4.69) is 9.97 Å². The van der Waals surface area contributed by atoms with Crippen LogP contribution >= 0.6 is 0 Å². The van der Waals surface area contributed by atoms with Crippen LogP contribution < -0.4 is 15.4 Å². The van der Waals surface area contributed by atoms with Crippen LogP contribution in [0.25, 0.3) is 10.9 Å². The number of methoxy groups -OCH3 is 1. The average molecular weight is 409 g/mol. The fourth-order valence-corrected chi connectivity index (χ4v) is 3.56. The lowest BCUT2D eigenvalue weighted by molar-refractivity contribution is 0.0746. The minimum Gasteiger partial charge on any atom is -0.508 e. The van der Waals surface area contributed by atoms with Crippen LogP contribution in [0.15, 0.2) is 36.4 Å². The molecule has 0 saturated carbocycles. The van der Waals surface area contributed by atoms with Gasteiger partial charge in [-0.1, -0.05) is 0 Å². The van der Waals surface area contributed by atoms with Gasteiger partial charge in [0.05, 0.1) is 19.2 Å². The average Bonchev–Trinajstić information content (AvgIpc) is 2.78. The van der Waals surface area contributed by atoms with Gasteiger partial charge in [0, 0.05) is 42.7 Å². The molecule has 2 aromatic carbocycles. The van der Waals surface area contributed by atoms with E-state index in [1.54, 1.807) is 29.2 Å². The van der Waals surface area contributed by atoms with E-state index in [9.17, 15) is 15.0 Å². The topological polar surface area (TPSA) is 125 Å². The number of nitrogens with two attached hydrogens (primary N) is 1. The Morgan fingerprint density at radius 1 is 1.13 bits per heavy atom. The molecule has 4 rings (SSSR count). The van der Waals surface area contributed by atoms with Gasteiger partial charge in [0.25, 0.3) is 5.91 Å². The maximum atomic E-state index is 12.7. The number of amides is 1. The number of carbonyl (C=O) groups is 1. The molecular formula is C21H23N5O4. The predicted octanol–water partition coefficient (Wildman–Crippen LogP) is 1.38. The molecule has 0 atom stereocenters. The summed E-state index contributed by atoms with van der Waals surface area (Å²) in [6.07, 6.45) is 0. The Kier molecular flexibility index (Phi) is 5.28. The predicted molar refractivity (Wildman–Crippen MR) is 113 cm³/mol. The second kappa shape index (κ2) is 8.03. The number of benzene rings is 2. The number of aliphatic hydroxyl groups is 1. The number of aromatic nitrogens is 2. The second-order valence-corrected chi connectivity index (χ2v) is 7.07. The summed E-state index contributed by atoms with van der Waals surface area (Å²) in [5.41, 5.74) is 7.95. The van der Waals surface area contributed by atoms with Gasteiger partial charge in [-0.05, 0) is 36.4 Å². The third-order valence-corrected chi connectivity index (χ3v) is 5.25. The van der Waals surface area contributed by atoms with Crippen LogP contribution in [0.5, 0.6) is 11.5 Å². The highest BCUT2D eigenvalue weighted by atomic mass is 16.5. The number of phenols is 1. The molecule has 0 radical (unpaired) electrons. The van der Waals surface area contributed by atoms with Crippen molar-refractivity contribution < 1.29 is 19.7 Å². The number of ether oxygens (including phenoxy) is 1. The molecule has 9 nitrogen and oxygen atoms in total. The summed E-state index contributed by atoms with van der Waals surface area (Å²) in [5, 5.41) is 19.6. The van der Waals surface area contributed by atoms with E-state index in [1.807, 2.05) is 4.90 Å². The first kappa shape index (κ1) is 19.7. The molecule has 0 unspecified atom stereocenters. The van der Waals surface area contributed by atoms with Gasteiger partial charge in [-0.15, -0.1) is 0 Å². The summed E-state index contributed by atoms with van der Waals surface area (Å²) < 4.78 is 5.29. The number of carbonyl (C=O) groups excluding carboxylic acids is 1. The Labute approximate surface area is 173 Å². The van der Waals surface area contributed by atoms with Gasteiger partial charge in [0.15, 0.2) is 0 Å². The minimum atomic E-state index is -0.170. The Balaban J connectivity index is 1.53. The summed E-state index contributed by atoms with van der Waals surface area (Å²) in [6.45, 7) is 2.00. The Morgan fingerprint density at radius 2 is 1.83 bits per heavy atom. The molecule has 1 fully saturated rings. The van der Waals surface area contributed by atoms with Crippen molar-refractivity contribution in [1.29, 1.82) is 0 Å². The smallest absolute Gasteiger partial charge is 0.253 e. The van der Waals surface area contributed by atoms with Crippen molar-refractivity contribution in [2.75, 3.05) is 43.9 Å². The molecule has 1 saturated heterocycles. The normalized spacial score (nSPS) is 14.2. The van der Waals surface area contributed by atoms with Crippen molar-refractivity contribution >= 4 is 28.6 Å². The first-order chi connectivity index (χ1) is 14.5. The molecule has 156 valence electrons. The molecule has 0 aliphatic carbocycles. The number of nitrogens with zero attached hydrogens (tertiary/aromatic N) is 4. The first-order valence-corrected chi connectivity index (χ1v) is 9.58. The zero-order valence-corrected chi connectivity index (χ0v) is 16.6. The zero-order valence-electron chi connectivity index (χ0n) is 16.6. The van der Waals surface area contributed by atoms with E-state index in [0.717, 1.165) is 0 Å². The van der Waals surface area contributed by atoms with Gasteiger partial charge in [-0.3, -0.25) is 4.79 Å². The van der Waals surface area contributed by atoms with Crippen molar-refractivity contribution in [1.82, 2.24) is 14.9 Å². The number of hydrogen-bond acceptors (Lipinski definition) is 8. The van der Waals surface area contributed by atoms with Crippen LogP contribution in [0.3, 0.4) is 0 Å². The molecule has 1 aliphatic heterocycles. The zero-order chi connectivity index (χ0) is 21.3. The monoisotopic (exact) mass is 409 g/mol. The number of piperazine rings is 1. The van der Waals surface area contributed by atoms with Crippen molar-refractivity contribution in [2.45, 2.75) is 6.61 Å². The number of rotatable bonds is 4. The van der Waals surface area contributed by atoms with Gasteiger partial charge < -0.3 is 30.5 Å². The minimum absolute atomic E-state index is 0.0757. The number of aromatic hydroxyl groups is 1. The molecule has 0 bridgehead atoms. The summed E-state index contributed by atoms with van der Waals surface area (Å²) in [4.78, 5) is 25.5. The van der Waals surface area contributed by atoms with Crippen LogP contribution in [-0.2, 0) is 6.61 Å². The van der Waals surface area contributed by atoms with E-state index >= 15 is 0 Å². The highest BCUT2D eigenvalue weighted by Gasteiger charge is 2.24. The number of anilines is 2. The van der Waals surface area contributed by atoms with Crippen molar-refractivity contribution in [2.24, 2.45) is 0 Å². The maximum Gasteiger partial charge on any atom is 0.253 e. The molecule has 2 heterocycles. The molecule has 30 heavy (non-hydrogen) atoms. The van der Waals surface area contributed by atoms with Crippen molar-refractivity contribution in [3.63, 3.8) is 0 Å². The molecule has 9 heteroatoms. The van der Waals surface area contributed by atoms with Crippen LogP contribution in [0, 0.1) is 0 Å². The van der Waals surface area contributed by atoms with E-state index in [-0.39, 0.29) is 18.3 Å². The lowest BCUT2D eigenvalue weighted by Gasteiger charge is -2.35. The van der Waals surface area contributed by atoms with Crippen LogP contribution in [-0.4, -0.2) is 64.3 Å². The highest BCUT2D eigenvalue weighted by Crippen LogP contribution is 2.29. The lowest BCUT2D eigenvalue weighted by Crippen LogP contribution is -2.49. The van der Waals surface area contributed by atoms with E-state index in [1.165, 1.54) is 19.2 Å². The summed E-state index contributed by atoms with van der Waals surface area (Å²) >= 11 is 0. The number of fused-ring (bicyclic) bond motifs is 1. The largest absolute Gasteiger partial charge is 0.508 e. The lowest BCUT2D eigenvalue weighted by atomic mass is 10.1. The molecule has 1 aromatic heterocycles. The third kappa shape index (κ3) is 3.67. The van der Waals surface area contributed by atoms with Crippen LogP contribution in [0.4, 0.5) is 11.8 Å². The molecule has 1 aliphatic rings. The van der Waals surface area contributed by atoms with E-state index in [0.29, 0.717) is 65.7 Å². The molecule has 0 spiro atoms. The van der Waals surface area contributed by atoms with Gasteiger partial charge in [-0.25, -0.2) is 4.98 Å². The summed E-state index contributed by atoms with van der Waals surface area (Å²) in [7, 11) is 1.53. The van der Waals surface area contributed by atoms with Gasteiger partial charge in [0.1, 0.15) is 17.3 Å². The third-order valence-electron chi connectivity index (χ3n) is 5.25. The summed E-state index contributed by atoms with van der Waals surface area (Å²) in [6, 6.07) is 9.72. The molecule has 3 aromatic rings. The van der Waals surface area contributed by atoms with Crippen molar-refractivity contribution in [3.8, 4) is 11.5 Å². The number of aliphatic hydroxyl groups excluding tert-OH is 1. The van der Waals surface area contributed by atoms with Gasteiger partial charge >= 0.3 is 0 Å². The fraction of sp³-hybridized carbons (Fsp3) is 0.286. The Hall–Kier alpha value is -3.59. The maximum absolute atomic E-state index is 12.7. The standard InChI is InChI=1S/C21H23N5O4/c1-30-18-11-16-17(10-14(18)12-27)23-21(24-19(16)22)26-8-6-25(7-9-26)20(29)13-2-4-15(28)5-3-13/h2-5,10-11,27-28H,6-9,12H2,1H3,(H2,22,23,24). The molecule has 4 N–H and O–H groups in total. The number of hydrogen-bond donors (Lipinski definition) is 3. The van der Waals surface area contributed by atoms with Gasteiger partial charge in [-0.2, -0.15) is 4.98 Å². The SMILES string of the molecule is COc1cc2c(N)nc(N3CCN(C(=O)c4ccc(O)cc4)CC3)nc2cc1CO. The Bertz CT molecular complexity index is 1080. The second-order valence-electron chi connectivity index (χ2n) is 7.07. The van der Waals surface area contributed by atoms with Gasteiger partial charge in [0.2, 0.25) is 5.95 Å². The number of nitrogen functional groups attached to an aromatic ring is 1. The van der Waals surface area contributed by atoms with Crippen molar-refractivity contribution in [3.05, 3.63) is 47.5 Å². The molecular weight excluding hydrogens is 386 g/mol. The van der Waals surface area contributed by atoms with E-state index in [4.69, 9.17) is 10.5 Å². The van der Waals surface area contributed by atoms with Crippen LogP contribution in [0.1, 0.15) is 15.9 Å². The first-order valence-electron chi connectivity index (χ1n) is 9.58. The quantitative estimate of drug-likeness (QED) is 0.590. The van der Waals surface area contributed by atoms with Crippen LogP contribution in [0.2, 0.25) is 0 Å². The fourth-order valence-electron chi connectivity index (χ4n) is 3.56. The summed E-state index contributed by atoms with van der Waals surface area (Å²) in [5.74, 6) is 1.42.